The van der Waals surface area contributed by atoms with Gasteiger partial charge in [0.05, 0.1) is 5.56 Å². The van der Waals surface area contributed by atoms with Crippen LogP contribution in [0.15, 0.2) is 24.3 Å². The van der Waals surface area contributed by atoms with Crippen molar-refractivity contribution in [1.29, 1.82) is 0 Å². The van der Waals surface area contributed by atoms with Gasteiger partial charge in [0.15, 0.2) is 0 Å². The summed E-state index contributed by atoms with van der Waals surface area (Å²) in [4.78, 5) is 11.9. The zero-order chi connectivity index (χ0) is 12.3. The van der Waals surface area contributed by atoms with E-state index in [1.165, 1.54) is 12.1 Å². The third kappa shape index (κ3) is 2.78. The van der Waals surface area contributed by atoms with Crippen molar-refractivity contribution in [1.82, 2.24) is 5.32 Å². The van der Waals surface area contributed by atoms with Gasteiger partial charge in [-0.15, -0.1) is 11.6 Å². The molecule has 2 rings (SSSR count). The lowest BCUT2D eigenvalue weighted by Gasteiger charge is -2.18. The van der Waals surface area contributed by atoms with Crippen LogP contribution in [0.2, 0.25) is 0 Å². The largest absolute Gasteiger partial charge is 0.349 e. The van der Waals surface area contributed by atoms with E-state index >= 15 is 0 Å². The Hall–Kier alpha value is -1.09. The second kappa shape index (κ2) is 5.50. The van der Waals surface area contributed by atoms with Crippen LogP contribution in [0.3, 0.4) is 0 Å². The first-order valence-electron chi connectivity index (χ1n) is 5.83. The SMILES string of the molecule is O=C(NC1CCCC1CCl)c1ccccc1F. The number of hydrogen-bond acceptors (Lipinski definition) is 1. The Balaban J connectivity index is 2.04. The maximum Gasteiger partial charge on any atom is 0.254 e. The summed E-state index contributed by atoms with van der Waals surface area (Å²) in [6.45, 7) is 0. The van der Waals surface area contributed by atoms with Crippen LogP contribution in [0.25, 0.3) is 0 Å². The summed E-state index contributed by atoms with van der Waals surface area (Å²) in [6.07, 6.45) is 3.03. The molecule has 1 N–H and O–H groups in total. The van der Waals surface area contributed by atoms with E-state index in [0.717, 1.165) is 19.3 Å². The number of benzene rings is 1. The minimum Gasteiger partial charge on any atom is -0.349 e. The van der Waals surface area contributed by atoms with Gasteiger partial charge in [0.25, 0.3) is 5.91 Å². The highest BCUT2D eigenvalue weighted by molar-refractivity contribution is 6.18. The van der Waals surface area contributed by atoms with Crippen molar-refractivity contribution in [2.75, 3.05) is 5.88 Å². The quantitative estimate of drug-likeness (QED) is 0.827. The number of hydrogen-bond donors (Lipinski definition) is 1. The molecule has 17 heavy (non-hydrogen) atoms. The second-order valence-corrected chi connectivity index (χ2v) is 4.71. The summed E-state index contributed by atoms with van der Waals surface area (Å²) in [5.74, 6) is 0.0327. The van der Waals surface area contributed by atoms with E-state index in [0.29, 0.717) is 11.8 Å². The molecule has 0 radical (unpaired) electrons. The lowest BCUT2D eigenvalue weighted by atomic mass is 10.1. The van der Waals surface area contributed by atoms with Gasteiger partial charge in [-0.25, -0.2) is 4.39 Å². The molecule has 2 unspecified atom stereocenters. The molecular formula is C13H15ClFNO. The highest BCUT2D eigenvalue weighted by Gasteiger charge is 2.28. The van der Waals surface area contributed by atoms with E-state index in [1.54, 1.807) is 12.1 Å². The molecule has 0 spiro atoms. The van der Waals surface area contributed by atoms with Crippen LogP contribution in [0.4, 0.5) is 4.39 Å². The first-order chi connectivity index (χ1) is 8.22. The molecule has 1 aromatic carbocycles. The molecule has 4 heteroatoms. The molecule has 92 valence electrons. The Morgan fingerprint density at radius 2 is 2.18 bits per heavy atom. The van der Waals surface area contributed by atoms with Crippen LogP contribution in [-0.4, -0.2) is 17.8 Å². The smallest absolute Gasteiger partial charge is 0.254 e. The Kier molecular flexibility index (Phi) is 4.00. The van der Waals surface area contributed by atoms with Crippen LogP contribution in [-0.2, 0) is 0 Å². The van der Waals surface area contributed by atoms with Crippen molar-refractivity contribution in [2.24, 2.45) is 5.92 Å². The standard InChI is InChI=1S/C13H15ClFNO/c14-8-9-4-3-7-12(9)16-13(17)10-5-1-2-6-11(10)15/h1-2,5-6,9,12H,3-4,7-8H2,(H,16,17). The zero-order valence-corrected chi connectivity index (χ0v) is 10.2. The third-order valence-corrected chi connectivity index (χ3v) is 3.69. The summed E-state index contributed by atoms with van der Waals surface area (Å²) >= 11 is 5.84. The van der Waals surface area contributed by atoms with Gasteiger partial charge in [0.1, 0.15) is 5.82 Å². The molecule has 1 aliphatic rings. The van der Waals surface area contributed by atoms with Crippen LogP contribution in [0, 0.1) is 11.7 Å². The van der Waals surface area contributed by atoms with E-state index in [2.05, 4.69) is 5.32 Å². The molecule has 1 aliphatic carbocycles. The van der Waals surface area contributed by atoms with Crippen molar-refractivity contribution in [2.45, 2.75) is 25.3 Å². The number of amides is 1. The predicted octanol–water partition coefficient (Wildman–Crippen LogP) is 2.96. The number of nitrogens with one attached hydrogen (secondary N) is 1. The van der Waals surface area contributed by atoms with Crippen LogP contribution in [0.5, 0.6) is 0 Å². The molecule has 0 aliphatic heterocycles. The topological polar surface area (TPSA) is 29.1 Å². The van der Waals surface area contributed by atoms with Crippen molar-refractivity contribution in [3.05, 3.63) is 35.6 Å². The van der Waals surface area contributed by atoms with Gasteiger partial charge >= 0.3 is 0 Å². The van der Waals surface area contributed by atoms with Gasteiger partial charge in [0.2, 0.25) is 0 Å². The maximum absolute atomic E-state index is 13.4. The Morgan fingerprint density at radius 1 is 1.41 bits per heavy atom. The van der Waals surface area contributed by atoms with Crippen LogP contribution < -0.4 is 5.32 Å². The van der Waals surface area contributed by atoms with Crippen molar-refractivity contribution in [3.8, 4) is 0 Å². The summed E-state index contributed by atoms with van der Waals surface area (Å²) in [5.41, 5.74) is 0.104. The van der Waals surface area contributed by atoms with Crippen LogP contribution >= 0.6 is 11.6 Å². The minimum absolute atomic E-state index is 0.0830. The molecule has 0 bridgehead atoms. The predicted molar refractivity (Wildman–Crippen MR) is 65.7 cm³/mol. The first kappa shape index (κ1) is 12.4. The zero-order valence-electron chi connectivity index (χ0n) is 9.46. The average molecular weight is 256 g/mol. The van der Waals surface area contributed by atoms with E-state index in [4.69, 9.17) is 11.6 Å². The second-order valence-electron chi connectivity index (χ2n) is 4.41. The van der Waals surface area contributed by atoms with E-state index in [9.17, 15) is 9.18 Å². The van der Waals surface area contributed by atoms with E-state index in [1.807, 2.05) is 0 Å². The lowest BCUT2D eigenvalue weighted by molar-refractivity contribution is 0.0926. The number of alkyl halides is 1. The molecule has 2 nitrogen and oxygen atoms in total. The normalized spacial score (nSPS) is 23.6. The number of halogens is 2. The molecule has 0 saturated heterocycles. The fraction of sp³-hybridized carbons (Fsp3) is 0.462. The van der Waals surface area contributed by atoms with Crippen molar-refractivity contribution in [3.63, 3.8) is 0 Å². The lowest BCUT2D eigenvalue weighted by Crippen LogP contribution is -2.38. The fourth-order valence-corrected chi connectivity index (χ4v) is 2.67. The van der Waals surface area contributed by atoms with E-state index < -0.39 is 5.82 Å². The van der Waals surface area contributed by atoms with Gasteiger partial charge in [-0.1, -0.05) is 18.6 Å². The number of carbonyl (C=O) groups excluding carboxylic acids is 1. The molecule has 2 atom stereocenters. The molecule has 1 aromatic rings. The fourth-order valence-electron chi connectivity index (χ4n) is 2.30. The van der Waals surface area contributed by atoms with Gasteiger partial charge in [-0.05, 0) is 30.9 Å². The number of carbonyl (C=O) groups is 1. The molecule has 1 fully saturated rings. The molecular weight excluding hydrogens is 241 g/mol. The third-order valence-electron chi connectivity index (χ3n) is 3.29. The van der Waals surface area contributed by atoms with Crippen LogP contribution in [0.1, 0.15) is 29.6 Å². The van der Waals surface area contributed by atoms with Gasteiger partial charge in [0, 0.05) is 11.9 Å². The Morgan fingerprint density at radius 3 is 2.88 bits per heavy atom. The number of rotatable bonds is 3. The first-order valence-corrected chi connectivity index (χ1v) is 6.37. The van der Waals surface area contributed by atoms with Crippen molar-refractivity contribution < 1.29 is 9.18 Å². The molecule has 0 heterocycles. The van der Waals surface area contributed by atoms with Gasteiger partial charge in [-0.2, -0.15) is 0 Å². The minimum atomic E-state index is -0.481. The van der Waals surface area contributed by atoms with E-state index in [-0.39, 0.29) is 17.5 Å². The molecule has 1 saturated carbocycles. The maximum atomic E-state index is 13.4. The van der Waals surface area contributed by atoms with Gasteiger partial charge < -0.3 is 5.32 Å². The summed E-state index contributed by atoms with van der Waals surface area (Å²) in [6, 6.07) is 6.10. The Bertz CT molecular complexity index is 410. The van der Waals surface area contributed by atoms with Crippen molar-refractivity contribution >= 4 is 17.5 Å². The summed E-state index contributed by atoms with van der Waals surface area (Å²) < 4.78 is 13.4. The Labute approximate surface area is 105 Å². The van der Waals surface area contributed by atoms with Gasteiger partial charge in [-0.3, -0.25) is 4.79 Å². The summed E-state index contributed by atoms with van der Waals surface area (Å²) in [5, 5.41) is 2.87. The molecule has 0 aromatic heterocycles. The average Bonchev–Trinajstić information content (AvgIpc) is 2.76. The monoisotopic (exact) mass is 255 g/mol. The highest BCUT2D eigenvalue weighted by Crippen LogP contribution is 2.26. The summed E-state index contributed by atoms with van der Waals surface area (Å²) in [7, 11) is 0. The molecule has 1 amide bonds. The highest BCUT2D eigenvalue weighted by atomic mass is 35.5.